The van der Waals surface area contributed by atoms with Gasteiger partial charge in [0.05, 0.1) is 12.1 Å². The number of benzene rings is 2. The maximum Gasteiger partial charge on any atom is 0.142 e. The van der Waals surface area contributed by atoms with E-state index in [-0.39, 0.29) is 0 Å². The molecule has 0 aromatic heterocycles. The van der Waals surface area contributed by atoms with Crippen LogP contribution in [0.2, 0.25) is 10.0 Å². The van der Waals surface area contributed by atoms with Crippen molar-refractivity contribution < 1.29 is 9.47 Å². The minimum Gasteiger partial charge on any atom is -0.497 e. The van der Waals surface area contributed by atoms with E-state index in [2.05, 4.69) is 0 Å². The predicted molar refractivity (Wildman–Crippen MR) is 81.7 cm³/mol. The van der Waals surface area contributed by atoms with Crippen molar-refractivity contribution >= 4 is 23.2 Å². The summed E-state index contributed by atoms with van der Waals surface area (Å²) in [6.45, 7) is 0.719. The van der Waals surface area contributed by atoms with Gasteiger partial charge in [-0.2, -0.15) is 0 Å². The van der Waals surface area contributed by atoms with Crippen LogP contribution in [0.5, 0.6) is 11.5 Å². The van der Waals surface area contributed by atoms with E-state index in [0.717, 1.165) is 16.9 Å². The molecule has 0 radical (unpaired) electrons. The van der Waals surface area contributed by atoms with Crippen molar-refractivity contribution in [3.63, 3.8) is 0 Å². The quantitative estimate of drug-likeness (QED) is 0.906. The number of hydrogen-bond donors (Lipinski definition) is 1. The van der Waals surface area contributed by atoms with Crippen molar-refractivity contribution in [1.29, 1.82) is 0 Å². The van der Waals surface area contributed by atoms with Crippen LogP contribution in [0.15, 0.2) is 36.4 Å². The van der Waals surface area contributed by atoms with Gasteiger partial charge in [0.2, 0.25) is 0 Å². The number of halogens is 2. The summed E-state index contributed by atoms with van der Waals surface area (Å²) >= 11 is 12.1. The molecule has 106 valence electrons. The van der Waals surface area contributed by atoms with Gasteiger partial charge in [0.25, 0.3) is 0 Å². The first-order valence-corrected chi connectivity index (χ1v) is 6.83. The van der Waals surface area contributed by atoms with Crippen LogP contribution in [0.3, 0.4) is 0 Å². The maximum atomic E-state index is 6.14. The summed E-state index contributed by atoms with van der Waals surface area (Å²) in [6, 6.07) is 11.0. The van der Waals surface area contributed by atoms with Gasteiger partial charge in [-0.3, -0.25) is 0 Å². The van der Waals surface area contributed by atoms with Crippen molar-refractivity contribution in [2.24, 2.45) is 5.73 Å². The molecule has 0 unspecified atom stereocenters. The van der Waals surface area contributed by atoms with Gasteiger partial charge in [-0.25, -0.2) is 0 Å². The summed E-state index contributed by atoms with van der Waals surface area (Å²) in [4.78, 5) is 0. The van der Waals surface area contributed by atoms with Crippen LogP contribution >= 0.6 is 23.2 Å². The van der Waals surface area contributed by atoms with E-state index in [1.165, 1.54) is 0 Å². The molecule has 0 fully saturated rings. The predicted octanol–water partition coefficient (Wildman–Crippen LogP) is 4.04. The van der Waals surface area contributed by atoms with Crippen molar-refractivity contribution in [3.05, 3.63) is 57.6 Å². The van der Waals surface area contributed by atoms with Crippen LogP contribution in [-0.4, -0.2) is 7.11 Å². The van der Waals surface area contributed by atoms with Crippen LogP contribution in [0.4, 0.5) is 0 Å². The molecule has 0 saturated heterocycles. The molecular weight excluding hydrogens is 297 g/mol. The zero-order valence-electron chi connectivity index (χ0n) is 11.0. The largest absolute Gasteiger partial charge is 0.497 e. The Labute approximate surface area is 128 Å². The third-order valence-electron chi connectivity index (χ3n) is 2.85. The first-order chi connectivity index (χ1) is 9.63. The number of hydrogen-bond acceptors (Lipinski definition) is 3. The van der Waals surface area contributed by atoms with E-state index in [1.54, 1.807) is 19.2 Å². The van der Waals surface area contributed by atoms with Crippen LogP contribution in [0.1, 0.15) is 11.1 Å². The Balaban J connectivity index is 2.13. The van der Waals surface area contributed by atoms with Gasteiger partial charge in [0.15, 0.2) is 0 Å². The lowest BCUT2D eigenvalue weighted by atomic mass is 10.2. The van der Waals surface area contributed by atoms with Crippen LogP contribution < -0.4 is 15.2 Å². The van der Waals surface area contributed by atoms with Gasteiger partial charge in [0.1, 0.15) is 18.1 Å². The summed E-state index contributed by atoms with van der Waals surface area (Å²) in [7, 11) is 1.63. The Bertz CT molecular complexity index is 585. The lowest BCUT2D eigenvalue weighted by Crippen LogP contribution is -2.03. The Kier molecular flexibility index (Phi) is 5.12. The number of rotatable bonds is 5. The van der Waals surface area contributed by atoms with Gasteiger partial charge < -0.3 is 15.2 Å². The highest BCUT2D eigenvalue weighted by Crippen LogP contribution is 2.32. The molecule has 0 spiro atoms. The van der Waals surface area contributed by atoms with E-state index < -0.39 is 0 Å². The van der Waals surface area contributed by atoms with Gasteiger partial charge in [0, 0.05) is 17.1 Å². The zero-order valence-corrected chi connectivity index (χ0v) is 12.5. The van der Waals surface area contributed by atoms with E-state index in [4.69, 9.17) is 38.4 Å². The highest BCUT2D eigenvalue weighted by Gasteiger charge is 2.10. The first kappa shape index (κ1) is 15.0. The minimum atomic E-state index is 0.318. The number of methoxy groups -OCH3 is 1. The molecule has 2 N–H and O–H groups in total. The second-order valence-electron chi connectivity index (χ2n) is 4.22. The fraction of sp³-hybridized carbons (Fsp3) is 0.200. The van der Waals surface area contributed by atoms with Crippen LogP contribution in [-0.2, 0) is 13.2 Å². The lowest BCUT2D eigenvalue weighted by molar-refractivity contribution is 0.303. The molecule has 2 aromatic rings. The number of ether oxygens (including phenoxy) is 2. The first-order valence-electron chi connectivity index (χ1n) is 6.07. The average Bonchev–Trinajstić information content (AvgIpc) is 2.46. The molecule has 0 bridgehead atoms. The Morgan fingerprint density at radius 1 is 1.10 bits per heavy atom. The van der Waals surface area contributed by atoms with Crippen molar-refractivity contribution in [2.45, 2.75) is 13.2 Å². The highest BCUT2D eigenvalue weighted by atomic mass is 35.5. The summed E-state index contributed by atoms with van der Waals surface area (Å²) in [6.07, 6.45) is 0. The Morgan fingerprint density at radius 3 is 2.40 bits per heavy atom. The minimum absolute atomic E-state index is 0.318. The van der Waals surface area contributed by atoms with Crippen LogP contribution in [0, 0.1) is 0 Å². The standard InChI is InChI=1S/C15H15Cl2NO2/c1-19-13-4-2-10(3-5-13)9-20-15-11(8-18)6-12(16)7-14(15)17/h2-7H,8-9,18H2,1H3. The summed E-state index contributed by atoms with van der Waals surface area (Å²) in [5.74, 6) is 1.38. The Hall–Kier alpha value is -1.42. The monoisotopic (exact) mass is 311 g/mol. The average molecular weight is 312 g/mol. The third kappa shape index (κ3) is 3.57. The normalized spacial score (nSPS) is 10.4. The molecule has 2 aromatic carbocycles. The molecule has 2 rings (SSSR count). The second-order valence-corrected chi connectivity index (χ2v) is 5.06. The molecule has 0 aliphatic rings. The molecule has 0 aliphatic heterocycles. The lowest BCUT2D eigenvalue weighted by Gasteiger charge is -2.13. The third-order valence-corrected chi connectivity index (χ3v) is 3.35. The van der Waals surface area contributed by atoms with E-state index >= 15 is 0 Å². The van der Waals surface area contributed by atoms with Gasteiger partial charge in [-0.05, 0) is 29.8 Å². The van der Waals surface area contributed by atoms with Crippen molar-refractivity contribution in [3.8, 4) is 11.5 Å². The molecule has 20 heavy (non-hydrogen) atoms. The van der Waals surface area contributed by atoms with Crippen molar-refractivity contribution in [1.82, 2.24) is 0 Å². The van der Waals surface area contributed by atoms with E-state index in [9.17, 15) is 0 Å². The van der Waals surface area contributed by atoms with Gasteiger partial charge in [-0.15, -0.1) is 0 Å². The van der Waals surface area contributed by atoms with Crippen molar-refractivity contribution in [2.75, 3.05) is 7.11 Å². The molecule has 0 amide bonds. The van der Waals surface area contributed by atoms with Gasteiger partial charge in [-0.1, -0.05) is 35.3 Å². The fourth-order valence-electron chi connectivity index (χ4n) is 1.80. The molecule has 0 atom stereocenters. The zero-order chi connectivity index (χ0) is 14.5. The van der Waals surface area contributed by atoms with E-state index in [1.807, 2.05) is 24.3 Å². The number of nitrogens with two attached hydrogens (primary N) is 1. The molecule has 3 nitrogen and oxygen atoms in total. The maximum absolute atomic E-state index is 6.14. The smallest absolute Gasteiger partial charge is 0.142 e. The van der Waals surface area contributed by atoms with Crippen LogP contribution in [0.25, 0.3) is 0 Å². The second kappa shape index (κ2) is 6.84. The summed E-state index contributed by atoms with van der Waals surface area (Å²) in [5, 5.41) is 1.01. The fourth-order valence-corrected chi connectivity index (χ4v) is 2.39. The molecular formula is C15H15Cl2NO2. The topological polar surface area (TPSA) is 44.5 Å². The van der Waals surface area contributed by atoms with E-state index in [0.29, 0.717) is 28.9 Å². The summed E-state index contributed by atoms with van der Waals surface area (Å²) < 4.78 is 10.9. The molecule has 0 heterocycles. The molecule has 0 aliphatic carbocycles. The highest BCUT2D eigenvalue weighted by molar-refractivity contribution is 6.35. The van der Waals surface area contributed by atoms with Gasteiger partial charge >= 0.3 is 0 Å². The Morgan fingerprint density at radius 2 is 1.80 bits per heavy atom. The summed E-state index contributed by atoms with van der Waals surface area (Å²) in [5.41, 5.74) is 7.48. The SMILES string of the molecule is COc1ccc(COc2c(Cl)cc(Cl)cc2CN)cc1. The molecule has 0 saturated carbocycles. The molecule has 5 heteroatoms.